The number of likely N-dealkylation sites (tertiary alicyclic amines) is 1. The van der Waals surface area contributed by atoms with E-state index in [-0.39, 0.29) is 16.8 Å². The highest BCUT2D eigenvalue weighted by molar-refractivity contribution is 7.90. The summed E-state index contributed by atoms with van der Waals surface area (Å²) in [4.78, 5) is 23.6. The minimum atomic E-state index is -3.42. The van der Waals surface area contributed by atoms with Gasteiger partial charge < -0.3 is 10.4 Å². The summed E-state index contributed by atoms with van der Waals surface area (Å²) < 4.78 is 23.2. The molecule has 1 amide bonds. The molecule has 1 aliphatic heterocycles. The number of carbonyl (C=O) groups is 1. The van der Waals surface area contributed by atoms with Gasteiger partial charge in [-0.3, -0.25) is 19.8 Å². The Labute approximate surface area is 208 Å². The van der Waals surface area contributed by atoms with E-state index >= 15 is 0 Å². The predicted molar refractivity (Wildman–Crippen MR) is 135 cm³/mol. The number of fused-ring (bicyclic) bond motifs is 1. The van der Waals surface area contributed by atoms with Crippen LogP contribution in [0.5, 0.6) is 0 Å². The van der Waals surface area contributed by atoms with Crippen molar-refractivity contribution in [3.8, 4) is 11.1 Å². The quantitative estimate of drug-likeness (QED) is 0.362. The van der Waals surface area contributed by atoms with Crippen LogP contribution in [-0.2, 0) is 16.4 Å². The summed E-state index contributed by atoms with van der Waals surface area (Å²) in [5.41, 5.74) is 4.21. The van der Waals surface area contributed by atoms with E-state index in [1.165, 1.54) is 18.3 Å². The molecule has 186 valence electrons. The lowest BCUT2D eigenvalue weighted by Crippen LogP contribution is -2.35. The highest BCUT2D eigenvalue weighted by Gasteiger charge is 2.18. The molecule has 0 spiro atoms. The van der Waals surface area contributed by atoms with Crippen molar-refractivity contribution in [3.63, 3.8) is 0 Å². The fourth-order valence-electron chi connectivity index (χ4n) is 4.30. The molecule has 11 heteroatoms. The van der Waals surface area contributed by atoms with Crippen molar-refractivity contribution in [2.75, 3.05) is 24.7 Å². The van der Waals surface area contributed by atoms with Gasteiger partial charge in [0.25, 0.3) is 5.91 Å². The Bertz CT molecular complexity index is 1510. The van der Waals surface area contributed by atoms with Gasteiger partial charge in [-0.2, -0.15) is 5.10 Å². The first-order valence-corrected chi connectivity index (χ1v) is 13.5. The first-order valence-electron chi connectivity index (χ1n) is 11.6. The van der Waals surface area contributed by atoms with Crippen molar-refractivity contribution in [2.45, 2.75) is 30.5 Å². The fourth-order valence-corrected chi connectivity index (χ4v) is 4.86. The number of anilines is 1. The predicted octanol–water partition coefficient (Wildman–Crippen LogP) is 2.63. The summed E-state index contributed by atoms with van der Waals surface area (Å²) >= 11 is 0. The Kier molecular flexibility index (Phi) is 6.52. The third-order valence-electron chi connectivity index (χ3n) is 6.24. The lowest BCUT2D eigenvalue weighted by Gasteiger charge is -2.29. The minimum Gasteiger partial charge on any atom is -0.393 e. The van der Waals surface area contributed by atoms with Crippen LogP contribution < -0.4 is 5.32 Å². The van der Waals surface area contributed by atoms with Crippen molar-refractivity contribution >= 4 is 32.3 Å². The van der Waals surface area contributed by atoms with Crippen molar-refractivity contribution in [3.05, 3.63) is 66.2 Å². The number of sulfone groups is 1. The van der Waals surface area contributed by atoms with E-state index in [1.54, 1.807) is 6.20 Å². The molecule has 4 heterocycles. The van der Waals surface area contributed by atoms with Crippen LogP contribution in [0.25, 0.3) is 22.0 Å². The van der Waals surface area contributed by atoms with Gasteiger partial charge >= 0.3 is 0 Å². The number of piperidine rings is 1. The average Bonchev–Trinajstić information content (AvgIpc) is 3.29. The maximum absolute atomic E-state index is 12.9. The zero-order chi connectivity index (χ0) is 25.3. The van der Waals surface area contributed by atoms with E-state index in [9.17, 15) is 18.3 Å². The number of hydrogen-bond acceptors (Lipinski definition) is 8. The molecule has 1 aliphatic rings. The normalized spacial score (nSPS) is 15.3. The molecule has 0 atom stereocenters. The van der Waals surface area contributed by atoms with Crippen LogP contribution in [0.1, 0.15) is 28.9 Å². The molecule has 1 aromatic carbocycles. The molecule has 0 radical (unpaired) electrons. The molecule has 0 unspecified atom stereocenters. The lowest BCUT2D eigenvalue weighted by molar-refractivity contribution is 0.0792. The second-order valence-electron chi connectivity index (χ2n) is 9.03. The zero-order valence-corrected chi connectivity index (χ0v) is 20.5. The van der Waals surface area contributed by atoms with Crippen LogP contribution in [0.3, 0.4) is 0 Å². The smallest absolute Gasteiger partial charge is 0.276 e. The monoisotopic (exact) mass is 506 g/mol. The van der Waals surface area contributed by atoms with Gasteiger partial charge in [0.05, 0.1) is 23.5 Å². The second kappa shape index (κ2) is 9.76. The van der Waals surface area contributed by atoms with Gasteiger partial charge in [-0.05, 0) is 54.3 Å². The number of nitrogens with zero attached hydrogens (tertiary/aromatic N) is 4. The largest absolute Gasteiger partial charge is 0.393 e. The van der Waals surface area contributed by atoms with E-state index in [4.69, 9.17) is 0 Å². The number of nitrogens with one attached hydrogen (secondary N) is 2. The number of aromatic nitrogens is 4. The van der Waals surface area contributed by atoms with Gasteiger partial charge in [-0.1, -0.05) is 6.07 Å². The third-order valence-corrected chi connectivity index (χ3v) is 7.24. The van der Waals surface area contributed by atoms with E-state index in [0.717, 1.165) is 55.4 Å². The van der Waals surface area contributed by atoms with Crippen molar-refractivity contribution in [1.29, 1.82) is 0 Å². The van der Waals surface area contributed by atoms with Gasteiger partial charge in [0.1, 0.15) is 0 Å². The molecule has 36 heavy (non-hydrogen) atoms. The summed E-state index contributed by atoms with van der Waals surface area (Å²) in [6, 6.07) is 10.6. The van der Waals surface area contributed by atoms with E-state index < -0.39 is 15.7 Å². The minimum absolute atomic E-state index is 0.0657. The molecule has 1 fully saturated rings. The topological polar surface area (TPSA) is 141 Å². The van der Waals surface area contributed by atoms with Crippen molar-refractivity contribution < 1.29 is 18.3 Å². The first kappa shape index (κ1) is 24.0. The highest BCUT2D eigenvalue weighted by Crippen LogP contribution is 2.27. The van der Waals surface area contributed by atoms with E-state index in [0.29, 0.717) is 16.6 Å². The molecule has 4 aromatic rings. The van der Waals surface area contributed by atoms with Crippen molar-refractivity contribution in [1.82, 2.24) is 25.1 Å². The zero-order valence-electron chi connectivity index (χ0n) is 19.7. The Balaban J connectivity index is 1.36. The standard InChI is InChI=1S/C25H26N6O4S/c1-36(34,35)23-5-3-19(14-27-23)28-25(33)24-21-11-17(2-4-22(21)29-30-24)18-10-16(12-26-13-18)15-31-8-6-20(32)7-9-31/h2-5,10-14,20,32H,6-9,15H2,1H3,(H,28,33)(H,29,30). The lowest BCUT2D eigenvalue weighted by atomic mass is 10.0. The molecule has 5 rings (SSSR count). The van der Waals surface area contributed by atoms with E-state index in [1.807, 2.05) is 24.4 Å². The molecule has 3 aromatic heterocycles. The van der Waals surface area contributed by atoms with Crippen LogP contribution in [0, 0.1) is 0 Å². The van der Waals surface area contributed by atoms with Gasteiger partial charge in [-0.25, -0.2) is 13.4 Å². The molecule has 0 bridgehead atoms. The number of carbonyl (C=O) groups excluding carboxylic acids is 1. The molecule has 0 aliphatic carbocycles. The van der Waals surface area contributed by atoms with Crippen LogP contribution in [-0.4, -0.2) is 69.9 Å². The molecule has 0 saturated carbocycles. The van der Waals surface area contributed by atoms with Gasteiger partial charge in [-0.15, -0.1) is 0 Å². The van der Waals surface area contributed by atoms with Crippen LogP contribution in [0.2, 0.25) is 0 Å². The number of H-pyrrole nitrogens is 1. The van der Waals surface area contributed by atoms with Gasteiger partial charge in [0, 0.05) is 49.2 Å². The van der Waals surface area contributed by atoms with Crippen LogP contribution in [0.15, 0.2) is 60.0 Å². The summed E-state index contributed by atoms with van der Waals surface area (Å²) in [5.74, 6) is -0.438. The molecule has 10 nitrogen and oxygen atoms in total. The Morgan fingerprint density at radius 3 is 2.64 bits per heavy atom. The number of hydrogen-bond donors (Lipinski definition) is 3. The molecular weight excluding hydrogens is 480 g/mol. The number of rotatable bonds is 6. The van der Waals surface area contributed by atoms with E-state index in [2.05, 4.69) is 36.4 Å². The average molecular weight is 507 g/mol. The summed E-state index contributed by atoms with van der Waals surface area (Å²) in [5, 5.41) is 20.1. The number of aliphatic hydroxyl groups is 1. The maximum atomic E-state index is 12.9. The van der Waals surface area contributed by atoms with Crippen molar-refractivity contribution in [2.24, 2.45) is 0 Å². The van der Waals surface area contributed by atoms with Gasteiger partial charge in [0.15, 0.2) is 20.6 Å². The molecular formula is C25H26N6O4S. The molecule has 1 saturated heterocycles. The number of aliphatic hydroxyl groups excluding tert-OH is 1. The summed E-state index contributed by atoms with van der Waals surface area (Å²) in [6.45, 7) is 2.48. The second-order valence-corrected chi connectivity index (χ2v) is 11.0. The number of benzene rings is 1. The van der Waals surface area contributed by atoms with Gasteiger partial charge in [0.2, 0.25) is 0 Å². The Hall–Kier alpha value is -3.67. The fraction of sp³-hybridized carbons (Fsp3) is 0.280. The third kappa shape index (κ3) is 5.27. The highest BCUT2D eigenvalue weighted by atomic mass is 32.2. The number of amides is 1. The first-order chi connectivity index (χ1) is 17.3. The van der Waals surface area contributed by atoms with Crippen LogP contribution in [0.4, 0.5) is 5.69 Å². The molecule has 3 N–H and O–H groups in total. The van der Waals surface area contributed by atoms with Crippen LogP contribution >= 0.6 is 0 Å². The maximum Gasteiger partial charge on any atom is 0.276 e. The SMILES string of the molecule is CS(=O)(=O)c1ccc(NC(=O)c2n[nH]c3ccc(-c4cncc(CN5CCC(O)CC5)c4)cc23)cn1. The summed E-state index contributed by atoms with van der Waals surface area (Å²) in [7, 11) is -3.42. The number of aromatic amines is 1. The summed E-state index contributed by atoms with van der Waals surface area (Å²) in [6.07, 6.45) is 7.38. The number of pyridine rings is 2. The Morgan fingerprint density at radius 2 is 1.92 bits per heavy atom. The Morgan fingerprint density at radius 1 is 1.11 bits per heavy atom.